The van der Waals surface area contributed by atoms with Crippen LogP contribution in [-0.4, -0.2) is 39.8 Å². The number of carbonyl (C=O) groups is 2. The summed E-state index contributed by atoms with van der Waals surface area (Å²) in [5, 5.41) is 8.13. The van der Waals surface area contributed by atoms with Crippen molar-refractivity contribution in [3.05, 3.63) is 48.0 Å². The fourth-order valence-electron chi connectivity index (χ4n) is 3.11. The highest BCUT2D eigenvalue weighted by atomic mass is 16.5. The van der Waals surface area contributed by atoms with E-state index in [1.54, 1.807) is 27.8 Å². The van der Waals surface area contributed by atoms with E-state index < -0.39 is 0 Å². The van der Waals surface area contributed by atoms with Gasteiger partial charge in [-0.25, -0.2) is 4.68 Å². The Labute approximate surface area is 150 Å². The number of ketones is 1. The maximum atomic E-state index is 12.8. The minimum absolute atomic E-state index is 0.0330. The number of amides is 1. The summed E-state index contributed by atoms with van der Waals surface area (Å²) in [5.41, 5.74) is 2.73. The minimum Gasteiger partial charge on any atom is -0.482 e. The number of para-hydroxylation sites is 1. The molecule has 0 bridgehead atoms. The molecule has 0 fully saturated rings. The SMILES string of the molecule is CCCN1C(=O)COc2ccc(C(=O)Cn3nnc4ccccc43)cc21. The molecule has 0 atom stereocenters. The number of rotatable bonds is 5. The Morgan fingerprint density at radius 1 is 1.23 bits per heavy atom. The van der Waals surface area contributed by atoms with E-state index in [2.05, 4.69) is 10.3 Å². The number of Topliss-reactive ketones (excluding diaryl/α,β-unsaturated/α-hetero) is 1. The van der Waals surface area contributed by atoms with E-state index in [9.17, 15) is 9.59 Å². The summed E-state index contributed by atoms with van der Waals surface area (Å²) in [7, 11) is 0. The Morgan fingerprint density at radius 2 is 2.08 bits per heavy atom. The Hall–Kier alpha value is -3.22. The van der Waals surface area contributed by atoms with Crippen molar-refractivity contribution in [2.45, 2.75) is 19.9 Å². The summed E-state index contributed by atoms with van der Waals surface area (Å²) in [6, 6.07) is 12.7. The molecule has 2 aromatic carbocycles. The zero-order valence-corrected chi connectivity index (χ0v) is 14.4. The molecule has 26 heavy (non-hydrogen) atoms. The van der Waals surface area contributed by atoms with Crippen LogP contribution in [0.5, 0.6) is 5.75 Å². The second-order valence-corrected chi connectivity index (χ2v) is 6.18. The topological polar surface area (TPSA) is 77.3 Å². The average Bonchev–Trinajstić information content (AvgIpc) is 3.07. The molecule has 1 aromatic heterocycles. The minimum atomic E-state index is -0.0991. The molecule has 1 aliphatic rings. The van der Waals surface area contributed by atoms with Gasteiger partial charge in [0.1, 0.15) is 17.8 Å². The third-order valence-corrected chi connectivity index (χ3v) is 4.38. The first-order chi connectivity index (χ1) is 12.7. The van der Waals surface area contributed by atoms with Crippen molar-refractivity contribution in [3.63, 3.8) is 0 Å². The van der Waals surface area contributed by atoms with Crippen molar-refractivity contribution in [1.82, 2.24) is 15.0 Å². The number of benzene rings is 2. The molecule has 7 nitrogen and oxygen atoms in total. The first-order valence-corrected chi connectivity index (χ1v) is 8.56. The van der Waals surface area contributed by atoms with Gasteiger partial charge in [0.15, 0.2) is 12.4 Å². The third kappa shape index (κ3) is 2.81. The van der Waals surface area contributed by atoms with Gasteiger partial charge in [0, 0.05) is 12.1 Å². The standard InChI is InChI=1S/C19H18N4O3/c1-2-9-22-16-10-13(7-8-18(16)26-12-19(22)25)17(24)11-23-15-6-4-3-5-14(15)20-21-23/h3-8,10H,2,9,11-12H2,1H3. The number of fused-ring (bicyclic) bond motifs is 2. The molecule has 1 amide bonds. The summed E-state index contributed by atoms with van der Waals surface area (Å²) in [5.74, 6) is 0.435. The van der Waals surface area contributed by atoms with Crippen molar-refractivity contribution < 1.29 is 14.3 Å². The fraction of sp³-hybridized carbons (Fsp3) is 0.263. The normalized spacial score (nSPS) is 13.6. The predicted molar refractivity (Wildman–Crippen MR) is 96.4 cm³/mol. The number of aromatic nitrogens is 3. The maximum absolute atomic E-state index is 12.8. The van der Waals surface area contributed by atoms with E-state index in [1.165, 1.54) is 0 Å². The molecule has 4 rings (SSSR count). The Balaban J connectivity index is 1.64. The lowest BCUT2D eigenvalue weighted by Crippen LogP contribution is -2.39. The molecular weight excluding hydrogens is 332 g/mol. The molecule has 0 unspecified atom stereocenters. The molecule has 132 valence electrons. The quantitative estimate of drug-likeness (QED) is 0.661. The van der Waals surface area contributed by atoms with Crippen LogP contribution in [0.2, 0.25) is 0 Å². The number of hydrogen-bond donors (Lipinski definition) is 0. The molecule has 7 heteroatoms. The molecule has 0 saturated heterocycles. The number of ether oxygens (including phenoxy) is 1. The number of anilines is 1. The number of hydrogen-bond acceptors (Lipinski definition) is 5. The summed E-state index contributed by atoms with van der Waals surface area (Å²) in [6.07, 6.45) is 0.828. The van der Waals surface area contributed by atoms with Gasteiger partial charge in [0.05, 0.1) is 11.2 Å². The summed E-state index contributed by atoms with van der Waals surface area (Å²) >= 11 is 0. The summed E-state index contributed by atoms with van der Waals surface area (Å²) in [6.45, 7) is 2.72. The van der Waals surface area contributed by atoms with Crippen molar-refractivity contribution in [2.75, 3.05) is 18.1 Å². The van der Waals surface area contributed by atoms with Crippen LogP contribution in [0.25, 0.3) is 11.0 Å². The average molecular weight is 350 g/mol. The lowest BCUT2D eigenvalue weighted by Gasteiger charge is -2.29. The zero-order valence-electron chi connectivity index (χ0n) is 14.4. The summed E-state index contributed by atoms with van der Waals surface area (Å²) in [4.78, 5) is 26.6. The Morgan fingerprint density at radius 3 is 2.92 bits per heavy atom. The fourth-order valence-corrected chi connectivity index (χ4v) is 3.11. The lowest BCUT2D eigenvalue weighted by molar-refractivity contribution is -0.121. The lowest BCUT2D eigenvalue weighted by atomic mass is 10.1. The van der Waals surface area contributed by atoms with E-state index in [0.29, 0.717) is 23.5 Å². The van der Waals surface area contributed by atoms with Gasteiger partial charge < -0.3 is 9.64 Å². The van der Waals surface area contributed by atoms with Gasteiger partial charge in [0.2, 0.25) is 0 Å². The predicted octanol–water partition coefficient (Wildman–Crippen LogP) is 2.45. The summed E-state index contributed by atoms with van der Waals surface area (Å²) < 4.78 is 7.07. The highest BCUT2D eigenvalue weighted by molar-refractivity contribution is 6.02. The second-order valence-electron chi connectivity index (χ2n) is 6.18. The molecule has 0 aliphatic carbocycles. The molecule has 2 heterocycles. The van der Waals surface area contributed by atoms with Crippen molar-refractivity contribution in [1.29, 1.82) is 0 Å². The third-order valence-electron chi connectivity index (χ3n) is 4.38. The monoisotopic (exact) mass is 350 g/mol. The van der Waals surface area contributed by atoms with Gasteiger partial charge in [-0.2, -0.15) is 0 Å². The molecule has 0 spiro atoms. The van der Waals surface area contributed by atoms with E-state index in [4.69, 9.17) is 4.74 Å². The molecule has 0 N–H and O–H groups in total. The van der Waals surface area contributed by atoms with Crippen molar-refractivity contribution in [3.8, 4) is 5.75 Å². The van der Waals surface area contributed by atoms with E-state index >= 15 is 0 Å². The number of nitrogens with zero attached hydrogens (tertiary/aromatic N) is 4. The van der Waals surface area contributed by atoms with Gasteiger partial charge >= 0.3 is 0 Å². The van der Waals surface area contributed by atoms with Gasteiger partial charge in [-0.1, -0.05) is 24.3 Å². The van der Waals surface area contributed by atoms with Crippen LogP contribution >= 0.6 is 0 Å². The van der Waals surface area contributed by atoms with Crippen LogP contribution < -0.4 is 9.64 Å². The van der Waals surface area contributed by atoms with Crippen molar-refractivity contribution >= 4 is 28.4 Å². The highest BCUT2D eigenvalue weighted by Crippen LogP contribution is 2.33. The Kier molecular flexibility index (Phi) is 4.12. The van der Waals surface area contributed by atoms with Gasteiger partial charge in [-0.15, -0.1) is 5.10 Å². The van der Waals surface area contributed by atoms with Crippen LogP contribution in [0.3, 0.4) is 0 Å². The smallest absolute Gasteiger partial charge is 0.265 e. The highest BCUT2D eigenvalue weighted by Gasteiger charge is 2.26. The van der Waals surface area contributed by atoms with Gasteiger partial charge in [0.25, 0.3) is 5.91 Å². The van der Waals surface area contributed by atoms with Crippen LogP contribution in [0.4, 0.5) is 5.69 Å². The van der Waals surface area contributed by atoms with Gasteiger partial charge in [-0.05, 0) is 36.8 Å². The largest absolute Gasteiger partial charge is 0.482 e. The maximum Gasteiger partial charge on any atom is 0.265 e. The molecule has 3 aromatic rings. The van der Waals surface area contributed by atoms with Crippen LogP contribution in [0.1, 0.15) is 23.7 Å². The molecular formula is C19H18N4O3. The second kappa shape index (κ2) is 6.59. The van der Waals surface area contributed by atoms with E-state index in [-0.39, 0.29) is 24.8 Å². The molecule has 0 radical (unpaired) electrons. The van der Waals surface area contributed by atoms with Crippen LogP contribution in [0, 0.1) is 0 Å². The van der Waals surface area contributed by atoms with Crippen LogP contribution in [0.15, 0.2) is 42.5 Å². The first-order valence-electron chi connectivity index (χ1n) is 8.56. The molecule has 0 saturated carbocycles. The van der Waals surface area contributed by atoms with E-state index in [0.717, 1.165) is 17.5 Å². The van der Waals surface area contributed by atoms with E-state index in [1.807, 2.05) is 31.2 Å². The zero-order chi connectivity index (χ0) is 18.1. The van der Waals surface area contributed by atoms with Gasteiger partial charge in [-0.3, -0.25) is 9.59 Å². The first kappa shape index (κ1) is 16.3. The van der Waals surface area contributed by atoms with Crippen molar-refractivity contribution in [2.24, 2.45) is 0 Å². The molecule has 1 aliphatic heterocycles. The number of carbonyl (C=O) groups excluding carboxylic acids is 2. The van der Waals surface area contributed by atoms with Crippen LogP contribution in [-0.2, 0) is 11.3 Å². The Bertz CT molecular complexity index is 995.